The molecule has 1 aliphatic rings. The molecule has 3 aromatic rings. The van der Waals surface area contributed by atoms with Crippen molar-refractivity contribution in [3.8, 4) is 17.2 Å². The Balaban J connectivity index is 1.81. The molecule has 0 spiro atoms. The Morgan fingerprint density at radius 1 is 0.828 bits per heavy atom. The van der Waals surface area contributed by atoms with Gasteiger partial charge in [-0.05, 0) is 42.0 Å². The lowest BCUT2D eigenvalue weighted by Gasteiger charge is -2.24. The maximum atomic E-state index is 13.5. The molecule has 6 heteroatoms. The van der Waals surface area contributed by atoms with E-state index in [1.807, 2.05) is 60.7 Å². The lowest BCUT2D eigenvalue weighted by atomic mass is 10.1. The molecule has 0 aromatic heterocycles. The highest BCUT2D eigenvalue weighted by atomic mass is 16.5. The molecule has 0 aliphatic carbocycles. The van der Waals surface area contributed by atoms with E-state index < -0.39 is 0 Å². The van der Waals surface area contributed by atoms with Crippen molar-refractivity contribution in [1.29, 1.82) is 0 Å². The molecule has 3 aromatic carbocycles. The van der Waals surface area contributed by atoms with Crippen molar-refractivity contribution in [3.05, 3.63) is 71.8 Å². The maximum Gasteiger partial charge on any atom is 0.260 e. The molecule has 6 nitrogen and oxygen atoms in total. The molecular weight excluding hydrogens is 368 g/mol. The highest BCUT2D eigenvalue weighted by molar-refractivity contribution is 6.13. The fourth-order valence-electron chi connectivity index (χ4n) is 3.46. The van der Waals surface area contributed by atoms with Crippen LogP contribution < -0.4 is 24.4 Å². The van der Waals surface area contributed by atoms with Gasteiger partial charge in [-0.15, -0.1) is 0 Å². The predicted molar refractivity (Wildman–Crippen MR) is 113 cm³/mol. The summed E-state index contributed by atoms with van der Waals surface area (Å²) >= 11 is 0. The Hall–Kier alpha value is -3.67. The van der Waals surface area contributed by atoms with Crippen molar-refractivity contribution in [2.45, 2.75) is 6.54 Å². The number of carbonyl (C=O) groups excluding carboxylic acids is 1. The van der Waals surface area contributed by atoms with Crippen LogP contribution in [0.3, 0.4) is 0 Å². The van der Waals surface area contributed by atoms with Crippen molar-refractivity contribution in [2.75, 3.05) is 31.5 Å². The molecule has 0 atom stereocenters. The van der Waals surface area contributed by atoms with Gasteiger partial charge in [-0.25, -0.2) is 0 Å². The molecule has 1 heterocycles. The number of methoxy groups -OCH3 is 3. The first kappa shape index (κ1) is 18.7. The Morgan fingerprint density at radius 3 is 2.38 bits per heavy atom. The summed E-state index contributed by atoms with van der Waals surface area (Å²) in [6.07, 6.45) is 0. The van der Waals surface area contributed by atoms with Crippen LogP contribution in [0.1, 0.15) is 15.9 Å². The van der Waals surface area contributed by atoms with Crippen LogP contribution in [-0.2, 0) is 6.54 Å². The Labute approximate surface area is 169 Å². The van der Waals surface area contributed by atoms with E-state index >= 15 is 0 Å². The summed E-state index contributed by atoms with van der Waals surface area (Å²) in [6, 6.07) is 18.8. The van der Waals surface area contributed by atoms with Gasteiger partial charge in [0.2, 0.25) is 0 Å². The number of hydrogen-bond donors (Lipinski definition) is 1. The first-order valence-corrected chi connectivity index (χ1v) is 9.21. The zero-order valence-corrected chi connectivity index (χ0v) is 16.6. The van der Waals surface area contributed by atoms with Crippen LogP contribution in [0.25, 0.3) is 0 Å². The van der Waals surface area contributed by atoms with Crippen LogP contribution in [0.2, 0.25) is 0 Å². The fourth-order valence-corrected chi connectivity index (χ4v) is 3.46. The van der Waals surface area contributed by atoms with Gasteiger partial charge < -0.3 is 24.4 Å². The molecule has 0 fully saturated rings. The van der Waals surface area contributed by atoms with Gasteiger partial charge in [0.1, 0.15) is 5.75 Å². The summed E-state index contributed by atoms with van der Waals surface area (Å²) in [5, 5.41) is 3.38. The molecule has 0 radical (unpaired) electrons. The highest BCUT2D eigenvalue weighted by Gasteiger charge is 2.27. The number of carbonyl (C=O) groups is 1. The van der Waals surface area contributed by atoms with Crippen LogP contribution in [0.15, 0.2) is 60.7 Å². The van der Waals surface area contributed by atoms with E-state index in [4.69, 9.17) is 14.2 Å². The van der Waals surface area contributed by atoms with Crippen LogP contribution in [0.4, 0.5) is 17.1 Å². The van der Waals surface area contributed by atoms with E-state index in [-0.39, 0.29) is 5.91 Å². The monoisotopic (exact) mass is 390 g/mol. The average Bonchev–Trinajstić information content (AvgIpc) is 2.88. The van der Waals surface area contributed by atoms with Gasteiger partial charge in [-0.1, -0.05) is 18.2 Å². The van der Waals surface area contributed by atoms with E-state index in [0.29, 0.717) is 29.4 Å². The third kappa shape index (κ3) is 3.45. The molecule has 0 saturated carbocycles. The number of hydrogen-bond acceptors (Lipinski definition) is 5. The molecule has 1 aliphatic heterocycles. The van der Waals surface area contributed by atoms with E-state index in [1.54, 1.807) is 26.2 Å². The van der Waals surface area contributed by atoms with Crippen molar-refractivity contribution < 1.29 is 19.0 Å². The average molecular weight is 390 g/mol. The summed E-state index contributed by atoms with van der Waals surface area (Å²) in [5.74, 6) is 1.86. The number of nitrogens with one attached hydrogen (secondary N) is 1. The number of fused-ring (bicyclic) bond motifs is 2. The number of anilines is 3. The molecule has 148 valence electrons. The first-order chi connectivity index (χ1) is 14.1. The van der Waals surface area contributed by atoms with Gasteiger partial charge in [0.15, 0.2) is 11.5 Å². The molecule has 4 rings (SSSR count). The second-order valence-electron chi connectivity index (χ2n) is 6.63. The van der Waals surface area contributed by atoms with Crippen LogP contribution in [-0.4, -0.2) is 27.2 Å². The minimum absolute atomic E-state index is 0.0881. The SMILES string of the molecule is COc1ccc2c(c1)N(Cc1ccc(OC)c(OC)c1)C(=O)c1ccccc1N2. The minimum atomic E-state index is -0.0881. The second kappa shape index (κ2) is 7.75. The van der Waals surface area contributed by atoms with Gasteiger partial charge in [0, 0.05) is 6.07 Å². The molecule has 1 amide bonds. The lowest BCUT2D eigenvalue weighted by Crippen LogP contribution is -2.29. The molecular formula is C23H22N2O4. The molecule has 0 saturated heterocycles. The van der Waals surface area contributed by atoms with Crippen LogP contribution in [0.5, 0.6) is 17.2 Å². The van der Waals surface area contributed by atoms with Crippen LogP contribution >= 0.6 is 0 Å². The fraction of sp³-hybridized carbons (Fsp3) is 0.174. The van der Waals surface area contributed by atoms with Crippen molar-refractivity contribution in [1.82, 2.24) is 0 Å². The molecule has 0 unspecified atom stereocenters. The standard InChI is InChI=1S/C23H22N2O4/c1-27-16-9-10-19-20(13-16)25(23(26)17-6-4-5-7-18(17)24-19)14-15-8-11-21(28-2)22(12-15)29-3/h4-13,24H,14H2,1-3H3. The van der Waals surface area contributed by atoms with Gasteiger partial charge in [-0.2, -0.15) is 0 Å². The highest BCUT2D eigenvalue weighted by Crippen LogP contribution is 2.39. The number of benzene rings is 3. The van der Waals surface area contributed by atoms with Crippen molar-refractivity contribution in [2.24, 2.45) is 0 Å². The summed E-state index contributed by atoms with van der Waals surface area (Å²) in [7, 11) is 4.81. The zero-order valence-electron chi connectivity index (χ0n) is 16.6. The first-order valence-electron chi connectivity index (χ1n) is 9.21. The summed E-state index contributed by atoms with van der Waals surface area (Å²) in [6.45, 7) is 0.370. The minimum Gasteiger partial charge on any atom is -0.497 e. The summed E-state index contributed by atoms with van der Waals surface area (Å²) < 4.78 is 16.1. The molecule has 1 N–H and O–H groups in total. The number of ether oxygens (including phenoxy) is 3. The summed E-state index contributed by atoms with van der Waals surface area (Å²) in [5.41, 5.74) is 3.90. The Morgan fingerprint density at radius 2 is 1.62 bits per heavy atom. The second-order valence-corrected chi connectivity index (χ2v) is 6.63. The smallest absolute Gasteiger partial charge is 0.260 e. The van der Waals surface area contributed by atoms with Crippen LogP contribution in [0, 0.1) is 0 Å². The van der Waals surface area contributed by atoms with Crippen molar-refractivity contribution >= 4 is 23.0 Å². The number of nitrogens with zero attached hydrogens (tertiary/aromatic N) is 1. The Kier molecular flexibility index (Phi) is 4.99. The number of rotatable bonds is 5. The quantitative estimate of drug-likeness (QED) is 0.689. The zero-order chi connectivity index (χ0) is 20.4. The molecule has 29 heavy (non-hydrogen) atoms. The largest absolute Gasteiger partial charge is 0.497 e. The van der Waals surface area contributed by atoms with E-state index in [0.717, 1.165) is 22.6 Å². The van der Waals surface area contributed by atoms with Gasteiger partial charge in [0.25, 0.3) is 5.91 Å². The normalized spacial score (nSPS) is 12.4. The van der Waals surface area contributed by atoms with Gasteiger partial charge in [0.05, 0.1) is 50.5 Å². The van der Waals surface area contributed by atoms with Crippen molar-refractivity contribution in [3.63, 3.8) is 0 Å². The predicted octanol–water partition coefficient (Wildman–Crippen LogP) is 4.62. The van der Waals surface area contributed by atoms with Gasteiger partial charge >= 0.3 is 0 Å². The molecule has 0 bridgehead atoms. The van der Waals surface area contributed by atoms with E-state index in [1.165, 1.54) is 0 Å². The lowest BCUT2D eigenvalue weighted by molar-refractivity contribution is 0.0986. The Bertz CT molecular complexity index is 1060. The van der Waals surface area contributed by atoms with E-state index in [2.05, 4.69) is 5.32 Å². The maximum absolute atomic E-state index is 13.5. The topological polar surface area (TPSA) is 60.0 Å². The third-order valence-corrected chi connectivity index (χ3v) is 4.96. The van der Waals surface area contributed by atoms with Gasteiger partial charge in [-0.3, -0.25) is 4.79 Å². The third-order valence-electron chi connectivity index (χ3n) is 4.96. The number of para-hydroxylation sites is 1. The summed E-state index contributed by atoms with van der Waals surface area (Å²) in [4.78, 5) is 15.2. The van der Waals surface area contributed by atoms with E-state index in [9.17, 15) is 4.79 Å². The number of amides is 1.